The number of hydrogen-bond donors (Lipinski definition) is 0. The Morgan fingerprint density at radius 3 is 2.47 bits per heavy atom. The lowest BCUT2D eigenvalue weighted by molar-refractivity contribution is -0.130. The van der Waals surface area contributed by atoms with Crippen LogP contribution in [0.15, 0.2) is 30.3 Å². The molecule has 2 nitrogen and oxygen atoms in total. The second-order valence-electron chi connectivity index (χ2n) is 4.27. The van der Waals surface area contributed by atoms with E-state index >= 15 is 0 Å². The van der Waals surface area contributed by atoms with Crippen LogP contribution >= 0.6 is 0 Å². The minimum absolute atomic E-state index is 0.227. The number of carbonyl (C=O) groups is 1. The van der Waals surface area contributed by atoms with Gasteiger partial charge in [-0.15, -0.1) is 0 Å². The van der Waals surface area contributed by atoms with E-state index in [0.29, 0.717) is 19.4 Å². The molecule has 0 heterocycles. The van der Waals surface area contributed by atoms with Gasteiger partial charge in [0.05, 0.1) is 0 Å². The third-order valence-corrected chi connectivity index (χ3v) is 2.64. The smallest absolute Gasteiger partial charge is 0.161 e. The molecule has 0 bridgehead atoms. The van der Waals surface area contributed by atoms with E-state index in [4.69, 9.17) is 4.74 Å². The molecule has 0 saturated carbocycles. The summed E-state index contributed by atoms with van der Waals surface area (Å²) < 4.78 is 5.66. The highest BCUT2D eigenvalue weighted by Gasteiger charge is 2.18. The molecule has 2 heteroatoms. The molecule has 0 spiro atoms. The van der Waals surface area contributed by atoms with Gasteiger partial charge in [-0.2, -0.15) is 0 Å². The van der Waals surface area contributed by atoms with Crippen LogP contribution in [-0.2, 0) is 16.0 Å². The second kappa shape index (κ2) is 8.02. The Bertz CT molecular complexity index is 319. The zero-order chi connectivity index (χ0) is 12.5. The molecule has 0 aliphatic carbocycles. The average Bonchev–Trinajstić information content (AvgIpc) is 2.36. The predicted molar refractivity (Wildman–Crippen MR) is 70.1 cm³/mol. The largest absolute Gasteiger partial charge is 0.370 e. The van der Waals surface area contributed by atoms with Crippen LogP contribution in [0, 0.1) is 0 Å². The minimum Gasteiger partial charge on any atom is -0.370 e. The summed E-state index contributed by atoms with van der Waals surface area (Å²) in [4.78, 5) is 11.9. The van der Waals surface area contributed by atoms with Crippen molar-refractivity contribution in [2.75, 3.05) is 6.61 Å². The second-order valence-corrected chi connectivity index (χ2v) is 4.27. The molecule has 1 unspecified atom stereocenters. The topological polar surface area (TPSA) is 26.3 Å². The maximum atomic E-state index is 11.9. The van der Waals surface area contributed by atoms with Gasteiger partial charge in [-0.1, -0.05) is 44.2 Å². The molecule has 0 aliphatic rings. The van der Waals surface area contributed by atoms with E-state index in [1.54, 1.807) is 0 Å². The Balaban J connectivity index is 2.59. The lowest BCUT2D eigenvalue weighted by Gasteiger charge is -2.16. The molecule has 0 amide bonds. The molecule has 94 valence electrons. The average molecular weight is 234 g/mol. The van der Waals surface area contributed by atoms with Gasteiger partial charge in [0.15, 0.2) is 5.78 Å². The molecule has 0 aliphatic heterocycles. The van der Waals surface area contributed by atoms with Gasteiger partial charge in [0.2, 0.25) is 0 Å². The van der Waals surface area contributed by atoms with Crippen LogP contribution in [0.2, 0.25) is 0 Å². The molecule has 1 atom stereocenters. The number of benzene rings is 1. The maximum Gasteiger partial charge on any atom is 0.161 e. The predicted octanol–water partition coefficient (Wildman–Crippen LogP) is 3.39. The first-order valence-corrected chi connectivity index (χ1v) is 6.46. The summed E-state index contributed by atoms with van der Waals surface area (Å²) in [6.45, 7) is 4.74. The SMILES string of the molecule is CCCOC(Cc1ccccc1)C(=O)CCC. The van der Waals surface area contributed by atoms with Gasteiger partial charge in [0.1, 0.15) is 6.10 Å². The van der Waals surface area contributed by atoms with Gasteiger partial charge >= 0.3 is 0 Å². The summed E-state index contributed by atoms with van der Waals surface area (Å²) in [5.41, 5.74) is 1.16. The number of carbonyl (C=O) groups excluding carboxylic acids is 1. The molecule has 1 aromatic rings. The van der Waals surface area contributed by atoms with Crippen molar-refractivity contribution in [3.05, 3.63) is 35.9 Å². The highest BCUT2D eigenvalue weighted by Crippen LogP contribution is 2.10. The first-order chi connectivity index (χ1) is 8.27. The molecule has 1 rings (SSSR count). The van der Waals surface area contributed by atoms with Crippen LogP contribution in [-0.4, -0.2) is 18.5 Å². The summed E-state index contributed by atoms with van der Waals surface area (Å²) in [6, 6.07) is 10.1. The van der Waals surface area contributed by atoms with E-state index in [0.717, 1.165) is 18.4 Å². The van der Waals surface area contributed by atoms with E-state index in [2.05, 4.69) is 6.92 Å². The fraction of sp³-hybridized carbons (Fsp3) is 0.533. The Morgan fingerprint density at radius 2 is 1.88 bits per heavy atom. The van der Waals surface area contributed by atoms with Crippen molar-refractivity contribution in [3.8, 4) is 0 Å². The van der Waals surface area contributed by atoms with Crippen molar-refractivity contribution in [2.45, 2.75) is 45.6 Å². The highest BCUT2D eigenvalue weighted by molar-refractivity contribution is 5.83. The van der Waals surface area contributed by atoms with E-state index < -0.39 is 0 Å². The maximum absolute atomic E-state index is 11.9. The molecular formula is C15H22O2. The number of hydrogen-bond acceptors (Lipinski definition) is 2. The number of ether oxygens (including phenoxy) is 1. The standard InChI is InChI=1S/C15H22O2/c1-3-8-14(16)15(17-11-4-2)12-13-9-6-5-7-10-13/h5-7,9-10,15H,3-4,8,11-12H2,1-2H3. The quantitative estimate of drug-likeness (QED) is 0.689. The van der Waals surface area contributed by atoms with E-state index in [9.17, 15) is 4.79 Å². The third-order valence-electron chi connectivity index (χ3n) is 2.64. The van der Waals surface area contributed by atoms with Crippen molar-refractivity contribution in [2.24, 2.45) is 0 Å². The molecule has 0 N–H and O–H groups in total. The molecule has 0 fully saturated rings. The first kappa shape index (κ1) is 13.9. The molecule has 17 heavy (non-hydrogen) atoms. The molecule has 0 aromatic heterocycles. The van der Waals surface area contributed by atoms with E-state index in [1.165, 1.54) is 0 Å². The first-order valence-electron chi connectivity index (χ1n) is 6.46. The normalized spacial score (nSPS) is 12.4. The van der Waals surface area contributed by atoms with Crippen molar-refractivity contribution in [1.29, 1.82) is 0 Å². The zero-order valence-electron chi connectivity index (χ0n) is 10.8. The highest BCUT2D eigenvalue weighted by atomic mass is 16.5. The van der Waals surface area contributed by atoms with Gasteiger partial charge < -0.3 is 4.74 Å². The van der Waals surface area contributed by atoms with Gasteiger partial charge in [0.25, 0.3) is 0 Å². The summed E-state index contributed by atoms with van der Waals surface area (Å²) in [5, 5.41) is 0. The fourth-order valence-corrected chi connectivity index (χ4v) is 1.76. The van der Waals surface area contributed by atoms with Crippen LogP contribution in [0.4, 0.5) is 0 Å². The van der Waals surface area contributed by atoms with Gasteiger partial charge in [-0.3, -0.25) is 4.79 Å². The Labute approximate surface area is 104 Å². The number of Topliss-reactive ketones (excluding diaryl/α,β-unsaturated/α-hetero) is 1. The van der Waals surface area contributed by atoms with Crippen LogP contribution in [0.1, 0.15) is 38.7 Å². The Hall–Kier alpha value is -1.15. The van der Waals surface area contributed by atoms with Crippen molar-refractivity contribution in [1.82, 2.24) is 0 Å². The van der Waals surface area contributed by atoms with Crippen LogP contribution in [0.3, 0.4) is 0 Å². The monoisotopic (exact) mass is 234 g/mol. The Kier molecular flexibility index (Phi) is 6.56. The lowest BCUT2D eigenvalue weighted by Crippen LogP contribution is -2.27. The Morgan fingerprint density at radius 1 is 1.18 bits per heavy atom. The fourth-order valence-electron chi connectivity index (χ4n) is 1.76. The van der Waals surface area contributed by atoms with Crippen molar-refractivity contribution >= 4 is 5.78 Å². The minimum atomic E-state index is -0.266. The van der Waals surface area contributed by atoms with Crippen LogP contribution in [0.5, 0.6) is 0 Å². The molecule has 0 radical (unpaired) electrons. The lowest BCUT2D eigenvalue weighted by atomic mass is 10.0. The molecular weight excluding hydrogens is 212 g/mol. The van der Waals surface area contributed by atoms with Crippen molar-refractivity contribution < 1.29 is 9.53 Å². The summed E-state index contributed by atoms with van der Waals surface area (Å²) in [7, 11) is 0. The van der Waals surface area contributed by atoms with Gasteiger partial charge in [-0.05, 0) is 18.4 Å². The third kappa shape index (κ3) is 5.14. The number of ketones is 1. The number of rotatable bonds is 8. The zero-order valence-corrected chi connectivity index (χ0v) is 10.8. The summed E-state index contributed by atoms with van der Waals surface area (Å²) in [6.07, 6.45) is 2.88. The van der Waals surface area contributed by atoms with E-state index in [-0.39, 0.29) is 11.9 Å². The molecule has 0 saturated heterocycles. The van der Waals surface area contributed by atoms with E-state index in [1.807, 2.05) is 37.3 Å². The van der Waals surface area contributed by atoms with Crippen molar-refractivity contribution in [3.63, 3.8) is 0 Å². The summed E-state index contributed by atoms with van der Waals surface area (Å²) >= 11 is 0. The molecule has 1 aromatic carbocycles. The van der Waals surface area contributed by atoms with Gasteiger partial charge in [0, 0.05) is 19.4 Å². The van der Waals surface area contributed by atoms with Gasteiger partial charge in [-0.25, -0.2) is 0 Å². The summed E-state index contributed by atoms with van der Waals surface area (Å²) in [5.74, 6) is 0.227. The van der Waals surface area contributed by atoms with Crippen LogP contribution < -0.4 is 0 Å². The van der Waals surface area contributed by atoms with Crippen LogP contribution in [0.25, 0.3) is 0 Å².